The molecule has 1 N–H and O–H groups in total. The van der Waals surface area contributed by atoms with Crippen LogP contribution < -0.4 is 5.32 Å². The van der Waals surface area contributed by atoms with Gasteiger partial charge in [-0.15, -0.1) is 0 Å². The molecular formula is C14H19ClN2O3. The summed E-state index contributed by atoms with van der Waals surface area (Å²) in [7, 11) is 0. The molecule has 6 heteroatoms. The first-order valence-electron chi connectivity index (χ1n) is 6.35. The minimum atomic E-state index is -0.930. The topological polar surface area (TPSA) is 68.3 Å². The van der Waals surface area contributed by atoms with E-state index in [1.165, 1.54) is 6.20 Å². The molecule has 110 valence electrons. The summed E-state index contributed by atoms with van der Waals surface area (Å²) in [5.41, 5.74) is -0.572. The van der Waals surface area contributed by atoms with Crippen molar-refractivity contribution in [2.45, 2.75) is 27.7 Å². The van der Waals surface area contributed by atoms with Gasteiger partial charge in [0.2, 0.25) is 5.91 Å². The molecule has 0 spiro atoms. The highest BCUT2D eigenvalue weighted by Crippen LogP contribution is 2.29. The second kappa shape index (κ2) is 6.70. The lowest BCUT2D eigenvalue weighted by molar-refractivity contribution is -0.155. The van der Waals surface area contributed by atoms with E-state index in [0.717, 1.165) is 0 Å². The maximum Gasteiger partial charge on any atom is 0.319 e. The number of nitrogens with one attached hydrogen (secondary N) is 1. The van der Waals surface area contributed by atoms with Gasteiger partial charge >= 0.3 is 5.97 Å². The zero-order valence-electron chi connectivity index (χ0n) is 12.1. The second-order valence-electron chi connectivity index (χ2n) is 5.37. The van der Waals surface area contributed by atoms with E-state index in [9.17, 15) is 9.59 Å². The molecule has 0 bridgehead atoms. The fourth-order valence-electron chi connectivity index (χ4n) is 1.75. The Morgan fingerprint density at radius 2 is 2.10 bits per heavy atom. The first-order chi connectivity index (χ1) is 9.27. The van der Waals surface area contributed by atoms with Gasteiger partial charge in [0.25, 0.3) is 0 Å². The number of esters is 1. The lowest BCUT2D eigenvalue weighted by atomic mass is 9.80. The summed E-state index contributed by atoms with van der Waals surface area (Å²) in [5.74, 6) is -1.72. The van der Waals surface area contributed by atoms with Crippen LogP contribution in [0.1, 0.15) is 27.7 Å². The Balaban J connectivity index is 2.95. The summed E-state index contributed by atoms with van der Waals surface area (Å²) in [6.07, 6.45) is 1.51. The monoisotopic (exact) mass is 298 g/mol. The normalized spacial score (nSPS) is 12.7. The van der Waals surface area contributed by atoms with Crippen LogP contribution in [-0.4, -0.2) is 23.5 Å². The number of hydrogen-bond donors (Lipinski definition) is 1. The van der Waals surface area contributed by atoms with Crippen LogP contribution in [0.4, 0.5) is 5.82 Å². The zero-order valence-corrected chi connectivity index (χ0v) is 12.8. The lowest BCUT2D eigenvalue weighted by Crippen LogP contribution is -2.40. The van der Waals surface area contributed by atoms with Gasteiger partial charge < -0.3 is 10.1 Å². The van der Waals surface area contributed by atoms with Gasteiger partial charge in [0.15, 0.2) is 5.82 Å². The molecule has 20 heavy (non-hydrogen) atoms. The average Bonchev–Trinajstić information content (AvgIpc) is 2.30. The van der Waals surface area contributed by atoms with E-state index in [0.29, 0.717) is 5.02 Å². The molecule has 0 saturated heterocycles. The Kier molecular flexibility index (Phi) is 5.51. The van der Waals surface area contributed by atoms with Crippen molar-refractivity contribution >= 4 is 29.3 Å². The molecule has 1 amide bonds. The van der Waals surface area contributed by atoms with Crippen molar-refractivity contribution in [2.24, 2.45) is 11.3 Å². The molecule has 1 aromatic heterocycles. The van der Waals surface area contributed by atoms with Crippen molar-refractivity contribution in [1.82, 2.24) is 4.98 Å². The molecule has 1 rings (SSSR count). The standard InChI is InChI=1S/C14H19ClN2O3/c1-5-20-13(19)10(14(2,3)4)12(18)17-11-9(15)7-6-8-16-11/h6-8,10H,5H2,1-4H3,(H,16,17,18). The maximum atomic E-state index is 12.3. The molecule has 0 aromatic carbocycles. The molecule has 5 nitrogen and oxygen atoms in total. The molecule has 0 aliphatic heterocycles. The van der Waals surface area contributed by atoms with Crippen molar-refractivity contribution in [3.05, 3.63) is 23.4 Å². The Morgan fingerprint density at radius 3 is 2.60 bits per heavy atom. The number of aromatic nitrogens is 1. The van der Waals surface area contributed by atoms with E-state index in [2.05, 4.69) is 10.3 Å². The molecular weight excluding hydrogens is 280 g/mol. The summed E-state index contributed by atoms with van der Waals surface area (Å²) < 4.78 is 4.97. The van der Waals surface area contributed by atoms with Crippen molar-refractivity contribution < 1.29 is 14.3 Å². The predicted molar refractivity (Wildman–Crippen MR) is 77.5 cm³/mol. The van der Waals surface area contributed by atoms with Crippen LogP contribution in [0.5, 0.6) is 0 Å². The number of rotatable bonds is 4. The van der Waals surface area contributed by atoms with Gasteiger partial charge in [-0.2, -0.15) is 0 Å². The third-order valence-corrected chi connectivity index (χ3v) is 2.96. The fraction of sp³-hybridized carbons (Fsp3) is 0.500. The number of nitrogens with zero attached hydrogens (tertiary/aromatic N) is 1. The first kappa shape index (κ1) is 16.4. The fourth-order valence-corrected chi connectivity index (χ4v) is 1.91. The Hall–Kier alpha value is -1.62. The van der Waals surface area contributed by atoms with E-state index in [1.807, 2.05) is 0 Å². The maximum absolute atomic E-state index is 12.3. The Labute approximate surface area is 123 Å². The summed E-state index contributed by atoms with van der Waals surface area (Å²) in [5, 5.41) is 2.89. The van der Waals surface area contributed by atoms with E-state index in [-0.39, 0.29) is 12.4 Å². The highest BCUT2D eigenvalue weighted by Gasteiger charge is 2.39. The Bertz CT molecular complexity index is 497. The lowest BCUT2D eigenvalue weighted by Gasteiger charge is -2.27. The summed E-state index contributed by atoms with van der Waals surface area (Å²) in [4.78, 5) is 28.3. The largest absolute Gasteiger partial charge is 0.465 e. The highest BCUT2D eigenvalue weighted by atomic mass is 35.5. The molecule has 0 aliphatic carbocycles. The molecule has 1 aromatic rings. The molecule has 1 heterocycles. The number of anilines is 1. The quantitative estimate of drug-likeness (QED) is 0.685. The molecule has 0 fully saturated rings. The average molecular weight is 299 g/mol. The molecule has 1 unspecified atom stereocenters. The van der Waals surface area contributed by atoms with Crippen molar-refractivity contribution in [3.63, 3.8) is 0 Å². The SMILES string of the molecule is CCOC(=O)C(C(=O)Nc1ncccc1Cl)C(C)(C)C. The van der Waals surface area contributed by atoms with E-state index in [1.54, 1.807) is 39.8 Å². The van der Waals surface area contributed by atoms with Crippen LogP contribution in [0, 0.1) is 11.3 Å². The van der Waals surface area contributed by atoms with Gasteiger partial charge in [0, 0.05) is 6.20 Å². The van der Waals surface area contributed by atoms with Gasteiger partial charge in [-0.25, -0.2) is 4.98 Å². The van der Waals surface area contributed by atoms with Crippen LogP contribution >= 0.6 is 11.6 Å². The number of halogens is 1. The molecule has 0 aliphatic rings. The van der Waals surface area contributed by atoms with E-state index in [4.69, 9.17) is 16.3 Å². The van der Waals surface area contributed by atoms with Gasteiger partial charge in [-0.1, -0.05) is 32.4 Å². The summed E-state index contributed by atoms with van der Waals surface area (Å²) in [6.45, 7) is 7.32. The van der Waals surface area contributed by atoms with Gasteiger partial charge in [0.05, 0.1) is 11.6 Å². The van der Waals surface area contributed by atoms with Crippen LogP contribution in [0.15, 0.2) is 18.3 Å². The van der Waals surface area contributed by atoms with E-state index >= 15 is 0 Å². The molecule has 0 saturated carbocycles. The smallest absolute Gasteiger partial charge is 0.319 e. The first-order valence-corrected chi connectivity index (χ1v) is 6.73. The number of ether oxygens (including phenoxy) is 1. The highest BCUT2D eigenvalue weighted by molar-refractivity contribution is 6.33. The predicted octanol–water partition coefficient (Wildman–Crippen LogP) is 2.90. The van der Waals surface area contributed by atoms with Crippen molar-refractivity contribution in [2.75, 3.05) is 11.9 Å². The number of carbonyl (C=O) groups excluding carboxylic acids is 2. The number of hydrogen-bond acceptors (Lipinski definition) is 4. The minimum absolute atomic E-state index is 0.225. The van der Waals surface area contributed by atoms with Crippen molar-refractivity contribution in [1.29, 1.82) is 0 Å². The van der Waals surface area contributed by atoms with Gasteiger partial charge in [-0.3, -0.25) is 9.59 Å². The molecule has 1 atom stereocenters. The summed E-state index contributed by atoms with van der Waals surface area (Å²) >= 11 is 5.93. The number of amides is 1. The second-order valence-corrected chi connectivity index (χ2v) is 5.78. The number of carbonyl (C=O) groups is 2. The third-order valence-electron chi connectivity index (χ3n) is 2.65. The number of pyridine rings is 1. The Morgan fingerprint density at radius 1 is 1.45 bits per heavy atom. The van der Waals surface area contributed by atoms with Gasteiger partial charge in [0.1, 0.15) is 5.92 Å². The van der Waals surface area contributed by atoms with Crippen LogP contribution in [0.25, 0.3) is 0 Å². The van der Waals surface area contributed by atoms with Crippen LogP contribution in [-0.2, 0) is 14.3 Å². The van der Waals surface area contributed by atoms with Gasteiger partial charge in [-0.05, 0) is 24.5 Å². The summed E-state index contributed by atoms with van der Waals surface area (Å²) in [6, 6.07) is 3.27. The zero-order chi connectivity index (χ0) is 15.3. The third kappa shape index (κ3) is 4.20. The van der Waals surface area contributed by atoms with Crippen LogP contribution in [0.3, 0.4) is 0 Å². The van der Waals surface area contributed by atoms with Crippen LogP contribution in [0.2, 0.25) is 5.02 Å². The molecule has 0 radical (unpaired) electrons. The van der Waals surface area contributed by atoms with E-state index < -0.39 is 23.2 Å². The minimum Gasteiger partial charge on any atom is -0.465 e. The van der Waals surface area contributed by atoms with Crippen molar-refractivity contribution in [3.8, 4) is 0 Å².